The molecular formula is C15H23N5O2. The Morgan fingerprint density at radius 2 is 2.27 bits per heavy atom. The van der Waals surface area contributed by atoms with Crippen molar-refractivity contribution in [3.63, 3.8) is 0 Å². The highest BCUT2D eigenvalue weighted by atomic mass is 16.2. The summed E-state index contributed by atoms with van der Waals surface area (Å²) in [5.74, 6) is 0.136. The SMILES string of the molecule is Cc1cc(=O)[nH]c(NC(=O)NCC2=CC(C)(C)CC(N)C2)n1. The minimum atomic E-state index is -0.411. The van der Waals surface area contributed by atoms with E-state index in [4.69, 9.17) is 5.73 Å². The summed E-state index contributed by atoms with van der Waals surface area (Å²) in [6.07, 6.45) is 3.89. The van der Waals surface area contributed by atoms with Crippen molar-refractivity contribution >= 4 is 12.0 Å². The van der Waals surface area contributed by atoms with Crippen molar-refractivity contribution in [3.8, 4) is 0 Å². The van der Waals surface area contributed by atoms with E-state index < -0.39 is 6.03 Å². The van der Waals surface area contributed by atoms with E-state index in [9.17, 15) is 9.59 Å². The van der Waals surface area contributed by atoms with Crippen LogP contribution in [0.3, 0.4) is 0 Å². The molecule has 0 bridgehead atoms. The lowest BCUT2D eigenvalue weighted by Gasteiger charge is -2.32. The topological polar surface area (TPSA) is 113 Å². The second kappa shape index (κ2) is 6.31. The molecule has 1 heterocycles. The third-order valence-electron chi connectivity index (χ3n) is 3.49. The number of aryl methyl sites for hydroxylation is 1. The van der Waals surface area contributed by atoms with Crippen molar-refractivity contribution in [2.24, 2.45) is 11.1 Å². The molecular weight excluding hydrogens is 282 g/mol. The minimum Gasteiger partial charge on any atom is -0.334 e. The normalized spacial score (nSPS) is 20.2. The molecule has 0 fully saturated rings. The number of allylic oxidation sites excluding steroid dienone is 1. The van der Waals surface area contributed by atoms with Crippen molar-refractivity contribution in [2.75, 3.05) is 11.9 Å². The molecule has 2 amide bonds. The van der Waals surface area contributed by atoms with Gasteiger partial charge in [0.15, 0.2) is 0 Å². The predicted octanol–water partition coefficient (Wildman–Crippen LogP) is 1.27. The molecule has 120 valence electrons. The van der Waals surface area contributed by atoms with Gasteiger partial charge in [-0.25, -0.2) is 9.78 Å². The van der Waals surface area contributed by atoms with Crippen molar-refractivity contribution in [2.45, 2.75) is 39.7 Å². The van der Waals surface area contributed by atoms with Crippen LogP contribution in [0.4, 0.5) is 10.7 Å². The predicted molar refractivity (Wildman–Crippen MR) is 85.7 cm³/mol. The third-order valence-corrected chi connectivity index (χ3v) is 3.49. The fourth-order valence-electron chi connectivity index (χ4n) is 2.86. The number of urea groups is 1. The van der Waals surface area contributed by atoms with E-state index in [1.54, 1.807) is 6.92 Å². The number of amides is 2. The van der Waals surface area contributed by atoms with Gasteiger partial charge in [-0.3, -0.25) is 15.1 Å². The Balaban J connectivity index is 1.93. The van der Waals surface area contributed by atoms with Gasteiger partial charge in [-0.05, 0) is 25.2 Å². The van der Waals surface area contributed by atoms with Crippen molar-refractivity contribution in [1.82, 2.24) is 15.3 Å². The highest BCUT2D eigenvalue weighted by Gasteiger charge is 2.25. The number of rotatable bonds is 3. The molecule has 2 rings (SSSR count). The van der Waals surface area contributed by atoms with E-state index in [-0.39, 0.29) is 23.0 Å². The van der Waals surface area contributed by atoms with Crippen molar-refractivity contribution in [1.29, 1.82) is 0 Å². The van der Waals surface area contributed by atoms with Crippen LogP contribution in [-0.2, 0) is 0 Å². The average Bonchev–Trinajstić information content (AvgIpc) is 2.32. The molecule has 7 nitrogen and oxygen atoms in total. The molecule has 5 N–H and O–H groups in total. The largest absolute Gasteiger partial charge is 0.334 e. The number of nitrogens with one attached hydrogen (secondary N) is 3. The first-order valence-corrected chi connectivity index (χ1v) is 7.32. The molecule has 7 heteroatoms. The summed E-state index contributed by atoms with van der Waals surface area (Å²) in [6, 6.07) is 1.07. The first-order chi connectivity index (χ1) is 10.2. The summed E-state index contributed by atoms with van der Waals surface area (Å²) in [6.45, 7) is 6.38. The van der Waals surface area contributed by atoms with Crippen LogP contribution in [0.25, 0.3) is 0 Å². The Morgan fingerprint density at radius 1 is 1.55 bits per heavy atom. The number of H-pyrrole nitrogens is 1. The number of carbonyl (C=O) groups excluding carboxylic acids is 1. The summed E-state index contributed by atoms with van der Waals surface area (Å²) in [7, 11) is 0. The van der Waals surface area contributed by atoms with E-state index in [0.29, 0.717) is 12.2 Å². The number of nitrogens with zero attached hydrogens (tertiary/aromatic N) is 1. The molecule has 0 aliphatic heterocycles. The van der Waals surface area contributed by atoms with Crippen LogP contribution in [-0.4, -0.2) is 28.6 Å². The highest BCUT2D eigenvalue weighted by Crippen LogP contribution is 2.32. The lowest BCUT2D eigenvalue weighted by molar-refractivity contribution is 0.252. The molecule has 0 saturated heterocycles. The van der Waals surface area contributed by atoms with Crippen LogP contribution < -0.4 is 21.9 Å². The first-order valence-electron chi connectivity index (χ1n) is 7.32. The number of hydrogen-bond donors (Lipinski definition) is 4. The number of aromatic amines is 1. The molecule has 0 aromatic carbocycles. The molecule has 1 aromatic rings. The number of nitrogens with two attached hydrogens (primary N) is 1. The zero-order valence-corrected chi connectivity index (χ0v) is 13.2. The van der Waals surface area contributed by atoms with Gasteiger partial charge in [0.2, 0.25) is 5.95 Å². The Labute approximate surface area is 129 Å². The Kier molecular flexibility index (Phi) is 4.65. The standard InChI is InChI=1S/C15H23N5O2/c1-9-4-12(21)19-13(18-9)20-14(22)17-8-10-5-11(16)7-15(2,3)6-10/h4,6,11H,5,7-8,16H2,1-3H3,(H3,17,18,19,20,21,22). The molecule has 0 saturated carbocycles. The second-order valence-electron chi connectivity index (χ2n) is 6.50. The van der Waals surface area contributed by atoms with Gasteiger partial charge in [-0.2, -0.15) is 0 Å². The molecule has 1 atom stereocenters. The summed E-state index contributed by atoms with van der Waals surface area (Å²) in [4.78, 5) is 29.7. The Hall–Kier alpha value is -2.15. The smallest absolute Gasteiger partial charge is 0.321 e. The van der Waals surface area contributed by atoms with Crippen LogP contribution in [0, 0.1) is 12.3 Å². The molecule has 1 unspecified atom stereocenters. The quantitative estimate of drug-likeness (QED) is 0.630. The van der Waals surface area contributed by atoms with Gasteiger partial charge in [-0.1, -0.05) is 25.5 Å². The molecule has 0 radical (unpaired) electrons. The number of hydrogen-bond acceptors (Lipinski definition) is 4. The molecule has 22 heavy (non-hydrogen) atoms. The first kappa shape index (κ1) is 16.2. The fourth-order valence-corrected chi connectivity index (χ4v) is 2.86. The fraction of sp³-hybridized carbons (Fsp3) is 0.533. The van der Waals surface area contributed by atoms with E-state index in [1.165, 1.54) is 6.07 Å². The van der Waals surface area contributed by atoms with Gasteiger partial charge < -0.3 is 11.1 Å². The van der Waals surface area contributed by atoms with Gasteiger partial charge in [0.05, 0.1) is 0 Å². The maximum Gasteiger partial charge on any atom is 0.321 e. The zero-order chi connectivity index (χ0) is 16.3. The zero-order valence-electron chi connectivity index (χ0n) is 13.2. The average molecular weight is 305 g/mol. The Morgan fingerprint density at radius 3 is 2.91 bits per heavy atom. The maximum atomic E-state index is 11.9. The molecule has 1 aromatic heterocycles. The molecule has 1 aliphatic carbocycles. The van der Waals surface area contributed by atoms with Gasteiger partial charge in [0.1, 0.15) is 0 Å². The van der Waals surface area contributed by atoms with Gasteiger partial charge in [-0.15, -0.1) is 0 Å². The van der Waals surface area contributed by atoms with E-state index in [0.717, 1.165) is 18.4 Å². The number of anilines is 1. The summed E-state index contributed by atoms with van der Waals surface area (Å²) in [5.41, 5.74) is 7.45. The number of aromatic nitrogens is 2. The summed E-state index contributed by atoms with van der Waals surface area (Å²) < 4.78 is 0. The van der Waals surface area contributed by atoms with Crippen molar-refractivity contribution in [3.05, 3.63) is 33.8 Å². The lowest BCUT2D eigenvalue weighted by Crippen LogP contribution is -2.36. The van der Waals surface area contributed by atoms with E-state index in [2.05, 4.69) is 40.5 Å². The lowest BCUT2D eigenvalue weighted by atomic mass is 9.77. The van der Waals surface area contributed by atoms with Crippen molar-refractivity contribution < 1.29 is 4.79 Å². The number of carbonyl (C=O) groups is 1. The maximum absolute atomic E-state index is 11.9. The van der Waals surface area contributed by atoms with Gasteiger partial charge in [0.25, 0.3) is 5.56 Å². The second-order valence-corrected chi connectivity index (χ2v) is 6.50. The summed E-state index contributed by atoms with van der Waals surface area (Å²) in [5, 5.41) is 5.28. The molecule has 1 aliphatic rings. The van der Waals surface area contributed by atoms with Crippen LogP contribution in [0.2, 0.25) is 0 Å². The monoisotopic (exact) mass is 305 g/mol. The molecule has 0 spiro atoms. The van der Waals surface area contributed by atoms with Crippen LogP contribution >= 0.6 is 0 Å². The van der Waals surface area contributed by atoms with E-state index >= 15 is 0 Å². The third kappa shape index (κ3) is 4.70. The van der Waals surface area contributed by atoms with Gasteiger partial charge in [0, 0.05) is 24.3 Å². The summed E-state index contributed by atoms with van der Waals surface area (Å²) >= 11 is 0. The minimum absolute atomic E-state index is 0.0501. The van der Waals surface area contributed by atoms with Crippen LogP contribution in [0.5, 0.6) is 0 Å². The van der Waals surface area contributed by atoms with Crippen LogP contribution in [0.1, 0.15) is 32.4 Å². The Bertz CT molecular complexity index is 648. The van der Waals surface area contributed by atoms with Crippen LogP contribution in [0.15, 0.2) is 22.5 Å². The van der Waals surface area contributed by atoms with E-state index in [1.807, 2.05) is 0 Å². The van der Waals surface area contributed by atoms with Gasteiger partial charge >= 0.3 is 6.03 Å². The highest BCUT2D eigenvalue weighted by molar-refractivity contribution is 5.87.